The minimum Gasteiger partial charge on any atom is -0.364 e. The van der Waals surface area contributed by atoms with E-state index in [2.05, 4.69) is 57.0 Å². The fraction of sp³-hybridized carbons (Fsp3) is 0.519. The van der Waals surface area contributed by atoms with Crippen LogP contribution >= 0.6 is 0 Å². The molecule has 11 heteroatoms. The Hall–Kier alpha value is -3.89. The minimum absolute atomic E-state index is 0.0248. The number of carbonyl (C=O) groups is 2. The molecular weight excluding hydrogens is 482 g/mol. The maximum Gasteiger partial charge on any atom is 0.271 e. The van der Waals surface area contributed by atoms with Crippen molar-refractivity contribution >= 4 is 29.1 Å². The van der Waals surface area contributed by atoms with E-state index in [1.54, 1.807) is 17.1 Å². The first-order valence-corrected chi connectivity index (χ1v) is 13.3. The van der Waals surface area contributed by atoms with Crippen LogP contribution in [0.5, 0.6) is 0 Å². The molecule has 0 unspecified atom stereocenters. The van der Waals surface area contributed by atoms with Gasteiger partial charge in [0.2, 0.25) is 0 Å². The highest BCUT2D eigenvalue weighted by molar-refractivity contribution is 5.96. The molecule has 3 aromatic heterocycles. The Labute approximate surface area is 222 Å². The third kappa shape index (κ3) is 4.84. The van der Waals surface area contributed by atoms with Gasteiger partial charge in [0.05, 0.1) is 18.1 Å². The van der Waals surface area contributed by atoms with Crippen LogP contribution in [0.2, 0.25) is 0 Å². The Balaban J connectivity index is 1.34. The van der Waals surface area contributed by atoms with Crippen LogP contribution in [-0.2, 0) is 26.4 Å². The fourth-order valence-electron chi connectivity index (χ4n) is 5.77. The Morgan fingerprint density at radius 2 is 2.03 bits per heavy atom. The Bertz CT molecular complexity index is 1370. The lowest BCUT2D eigenvalue weighted by atomic mass is 9.90. The number of hydrogen-bond donors (Lipinski definition) is 3. The van der Waals surface area contributed by atoms with Crippen molar-refractivity contribution in [3.8, 4) is 0 Å². The van der Waals surface area contributed by atoms with E-state index in [0.29, 0.717) is 17.2 Å². The van der Waals surface area contributed by atoms with Gasteiger partial charge in [0, 0.05) is 44.1 Å². The number of anilines is 3. The van der Waals surface area contributed by atoms with E-state index in [9.17, 15) is 9.59 Å². The maximum absolute atomic E-state index is 13.3. The van der Waals surface area contributed by atoms with E-state index < -0.39 is 5.91 Å². The average Bonchev–Trinajstić information content (AvgIpc) is 3.53. The lowest BCUT2D eigenvalue weighted by molar-refractivity contribution is 0.0914. The molecule has 1 aliphatic carbocycles. The van der Waals surface area contributed by atoms with E-state index >= 15 is 0 Å². The summed E-state index contributed by atoms with van der Waals surface area (Å²) in [5, 5.41) is 10.7. The van der Waals surface area contributed by atoms with E-state index in [1.165, 1.54) is 11.3 Å². The number of aromatic nitrogens is 5. The molecule has 11 nitrogen and oxygen atoms in total. The van der Waals surface area contributed by atoms with E-state index in [-0.39, 0.29) is 34.9 Å². The predicted octanol–water partition coefficient (Wildman–Crippen LogP) is 2.79. The molecule has 1 saturated heterocycles. The van der Waals surface area contributed by atoms with Gasteiger partial charge in [-0.15, -0.1) is 0 Å². The molecule has 0 aromatic carbocycles. The average molecular weight is 520 g/mol. The van der Waals surface area contributed by atoms with Crippen LogP contribution in [0.4, 0.5) is 17.3 Å². The summed E-state index contributed by atoms with van der Waals surface area (Å²) in [7, 11) is 1.99. The summed E-state index contributed by atoms with van der Waals surface area (Å²) >= 11 is 0. The van der Waals surface area contributed by atoms with Gasteiger partial charge in [0.25, 0.3) is 11.8 Å². The van der Waals surface area contributed by atoms with Crippen molar-refractivity contribution in [1.29, 1.82) is 0 Å². The number of aryl methyl sites for hydroxylation is 1. The fourth-order valence-corrected chi connectivity index (χ4v) is 5.77. The monoisotopic (exact) mass is 519 g/mol. The van der Waals surface area contributed by atoms with Gasteiger partial charge >= 0.3 is 0 Å². The van der Waals surface area contributed by atoms with Gasteiger partial charge in [-0.05, 0) is 56.6 Å². The first kappa shape index (κ1) is 25.7. The number of primary amides is 1. The zero-order valence-corrected chi connectivity index (χ0v) is 22.8. The molecule has 1 fully saturated rings. The summed E-state index contributed by atoms with van der Waals surface area (Å²) in [5.74, 6) is 0.185. The Morgan fingerprint density at radius 1 is 1.24 bits per heavy atom. The Kier molecular flexibility index (Phi) is 6.62. The van der Waals surface area contributed by atoms with Crippen LogP contribution in [0.15, 0.2) is 24.7 Å². The van der Waals surface area contributed by atoms with Gasteiger partial charge in [-0.25, -0.2) is 9.97 Å². The van der Waals surface area contributed by atoms with E-state index in [0.717, 1.165) is 38.8 Å². The number of nitrogens with zero attached hydrogens (tertiary/aromatic N) is 6. The summed E-state index contributed by atoms with van der Waals surface area (Å²) in [6.07, 6.45) is 8.80. The number of amides is 2. The molecule has 2 amide bonds. The maximum atomic E-state index is 13.3. The molecule has 0 radical (unpaired) electrons. The van der Waals surface area contributed by atoms with Crippen molar-refractivity contribution < 1.29 is 9.59 Å². The number of carbonyl (C=O) groups excluding carboxylic acids is 2. The lowest BCUT2D eigenvalue weighted by Crippen LogP contribution is -2.54. The molecule has 0 saturated carbocycles. The molecule has 38 heavy (non-hydrogen) atoms. The largest absolute Gasteiger partial charge is 0.364 e. The topological polar surface area (TPSA) is 136 Å². The third-order valence-electron chi connectivity index (χ3n) is 7.81. The SMILES string of the molecule is CCn1cc(Nc2nc(N3CCC[C@@H](NC(=O)c4cc5c(n4C)CC(C)(C)C5)[C@H]3C)cnc2C(N)=O)cn1. The molecule has 1 aliphatic heterocycles. The number of piperidine rings is 1. The number of fused-ring (bicyclic) bond motifs is 1. The van der Waals surface area contributed by atoms with Crippen molar-refractivity contribution in [2.75, 3.05) is 16.8 Å². The van der Waals surface area contributed by atoms with E-state index in [1.807, 2.05) is 20.2 Å². The van der Waals surface area contributed by atoms with E-state index in [4.69, 9.17) is 10.7 Å². The molecule has 202 valence electrons. The zero-order valence-electron chi connectivity index (χ0n) is 22.8. The summed E-state index contributed by atoms with van der Waals surface area (Å²) < 4.78 is 3.82. The molecule has 4 heterocycles. The van der Waals surface area contributed by atoms with Crippen molar-refractivity contribution in [2.24, 2.45) is 18.2 Å². The normalized spacial score (nSPS) is 20.3. The molecule has 0 bridgehead atoms. The molecule has 2 aliphatic rings. The zero-order chi connectivity index (χ0) is 27.2. The number of nitrogens with one attached hydrogen (secondary N) is 2. The van der Waals surface area contributed by atoms with Crippen molar-refractivity contribution in [2.45, 2.75) is 72.0 Å². The Morgan fingerprint density at radius 3 is 2.71 bits per heavy atom. The second-order valence-electron chi connectivity index (χ2n) is 11.2. The van der Waals surface area contributed by atoms with Crippen molar-refractivity contribution in [1.82, 2.24) is 29.6 Å². The first-order chi connectivity index (χ1) is 18.1. The number of rotatable bonds is 7. The molecule has 0 spiro atoms. The van der Waals surface area contributed by atoms with Crippen molar-refractivity contribution in [3.05, 3.63) is 47.3 Å². The molecule has 4 N–H and O–H groups in total. The van der Waals surface area contributed by atoms with Crippen molar-refractivity contribution in [3.63, 3.8) is 0 Å². The first-order valence-electron chi connectivity index (χ1n) is 13.3. The summed E-state index contributed by atoms with van der Waals surface area (Å²) in [4.78, 5) is 36.6. The van der Waals surface area contributed by atoms with Crippen LogP contribution in [0.1, 0.15) is 72.8 Å². The highest BCUT2D eigenvalue weighted by atomic mass is 16.2. The number of nitrogens with two attached hydrogens (primary N) is 1. The second-order valence-corrected chi connectivity index (χ2v) is 11.2. The molecule has 3 aromatic rings. The molecule has 5 rings (SSSR count). The van der Waals surface area contributed by atoms with Crippen LogP contribution in [0.3, 0.4) is 0 Å². The standard InChI is InChI=1S/C27H37N9O2/c1-6-35-15-18(13-30-35)31-25-23(24(28)37)29-14-22(33-25)36-9-7-8-19(16(36)2)32-26(38)20-10-17-11-27(3,4)12-21(17)34(20)5/h10,13-16,19H,6-9,11-12H2,1-5H3,(H2,28,37)(H,31,33)(H,32,38)/t16-,19-/m1/s1. The number of hydrogen-bond acceptors (Lipinski definition) is 7. The van der Waals surface area contributed by atoms with Crippen LogP contribution in [0, 0.1) is 5.41 Å². The van der Waals surface area contributed by atoms with Gasteiger partial charge < -0.3 is 25.8 Å². The third-order valence-corrected chi connectivity index (χ3v) is 7.81. The molecule has 2 atom stereocenters. The smallest absolute Gasteiger partial charge is 0.271 e. The summed E-state index contributed by atoms with van der Waals surface area (Å²) in [6.45, 7) is 10.1. The molecular formula is C27H37N9O2. The van der Waals surface area contributed by atoms with Gasteiger partial charge in [0.1, 0.15) is 11.5 Å². The quantitative estimate of drug-likeness (QED) is 0.437. The van der Waals surface area contributed by atoms with Crippen LogP contribution in [-0.4, -0.2) is 54.8 Å². The van der Waals surface area contributed by atoms with Crippen LogP contribution < -0.4 is 21.3 Å². The van der Waals surface area contributed by atoms with Gasteiger partial charge in [-0.1, -0.05) is 13.8 Å². The summed E-state index contributed by atoms with van der Waals surface area (Å²) in [5.41, 5.74) is 9.81. The van der Waals surface area contributed by atoms with Gasteiger partial charge in [-0.3, -0.25) is 14.3 Å². The van der Waals surface area contributed by atoms with Crippen LogP contribution in [0.25, 0.3) is 0 Å². The highest BCUT2D eigenvalue weighted by Crippen LogP contribution is 2.37. The van der Waals surface area contributed by atoms with Gasteiger partial charge in [-0.2, -0.15) is 5.10 Å². The predicted molar refractivity (Wildman–Crippen MR) is 146 cm³/mol. The lowest BCUT2D eigenvalue weighted by Gasteiger charge is -2.40. The second kappa shape index (κ2) is 9.77. The summed E-state index contributed by atoms with van der Waals surface area (Å²) in [6, 6.07) is 1.97. The highest BCUT2D eigenvalue weighted by Gasteiger charge is 2.35. The minimum atomic E-state index is -0.663. The van der Waals surface area contributed by atoms with Gasteiger partial charge in [0.15, 0.2) is 11.5 Å².